The van der Waals surface area contributed by atoms with Crippen LogP contribution in [0.5, 0.6) is 5.75 Å². The van der Waals surface area contributed by atoms with E-state index < -0.39 is 4.92 Å². The zero-order valence-electron chi connectivity index (χ0n) is 14.2. The smallest absolute Gasteiger partial charge is 0.269 e. The minimum absolute atomic E-state index is 0.0483. The van der Waals surface area contributed by atoms with Gasteiger partial charge in [-0.3, -0.25) is 10.1 Å². The van der Waals surface area contributed by atoms with Crippen molar-refractivity contribution in [1.29, 1.82) is 0 Å². The van der Waals surface area contributed by atoms with E-state index in [0.29, 0.717) is 22.3 Å². The highest BCUT2D eigenvalue weighted by molar-refractivity contribution is 6.33. The molecule has 0 atom stereocenters. The Hall–Kier alpha value is -2.76. The number of anilines is 1. The Bertz CT molecular complexity index is 946. The molecule has 0 heterocycles. The molecule has 0 spiro atoms. The Morgan fingerprint density at radius 3 is 2.30 bits per heavy atom. The Kier molecular flexibility index (Phi) is 6.16. The molecule has 0 aliphatic rings. The van der Waals surface area contributed by atoms with E-state index in [4.69, 9.17) is 27.9 Å². The molecule has 7 heteroatoms. The first-order valence-electron chi connectivity index (χ1n) is 8.16. The molecule has 0 fully saturated rings. The minimum atomic E-state index is -0.434. The van der Waals surface area contributed by atoms with E-state index in [-0.39, 0.29) is 12.3 Å². The standard InChI is InChI=1S/C20H16Cl2N2O3/c21-17-3-1-2-4-19(17)23-12-15-7-10-20(18(22)11-15)27-13-14-5-8-16(9-6-14)24(25)26/h1-11,23H,12-13H2. The Morgan fingerprint density at radius 1 is 0.926 bits per heavy atom. The van der Waals surface area contributed by atoms with Gasteiger partial charge in [0.15, 0.2) is 0 Å². The summed E-state index contributed by atoms with van der Waals surface area (Å²) in [5.41, 5.74) is 2.71. The highest BCUT2D eigenvalue weighted by Crippen LogP contribution is 2.28. The quantitative estimate of drug-likeness (QED) is 0.383. The van der Waals surface area contributed by atoms with Gasteiger partial charge in [-0.25, -0.2) is 0 Å². The molecule has 3 aromatic carbocycles. The van der Waals surface area contributed by atoms with Crippen LogP contribution in [0.25, 0.3) is 0 Å². The summed E-state index contributed by atoms with van der Waals surface area (Å²) >= 11 is 12.4. The number of non-ortho nitro benzene ring substituents is 1. The van der Waals surface area contributed by atoms with Gasteiger partial charge in [-0.15, -0.1) is 0 Å². The predicted molar refractivity (Wildman–Crippen MR) is 108 cm³/mol. The van der Waals surface area contributed by atoms with Crippen molar-refractivity contribution in [2.75, 3.05) is 5.32 Å². The second kappa shape index (κ2) is 8.75. The summed E-state index contributed by atoms with van der Waals surface area (Å²) < 4.78 is 5.72. The van der Waals surface area contributed by atoms with Crippen LogP contribution in [-0.4, -0.2) is 4.92 Å². The van der Waals surface area contributed by atoms with Gasteiger partial charge in [-0.1, -0.05) is 41.4 Å². The van der Waals surface area contributed by atoms with Crippen molar-refractivity contribution in [1.82, 2.24) is 0 Å². The number of ether oxygens (including phenoxy) is 1. The lowest BCUT2D eigenvalue weighted by molar-refractivity contribution is -0.384. The molecule has 0 radical (unpaired) electrons. The highest BCUT2D eigenvalue weighted by atomic mass is 35.5. The average molecular weight is 403 g/mol. The normalized spacial score (nSPS) is 10.4. The first-order chi connectivity index (χ1) is 13.0. The van der Waals surface area contributed by atoms with Crippen molar-refractivity contribution in [2.24, 2.45) is 0 Å². The Morgan fingerprint density at radius 2 is 1.63 bits per heavy atom. The van der Waals surface area contributed by atoms with Crippen molar-refractivity contribution in [3.05, 3.63) is 98.0 Å². The maximum atomic E-state index is 10.7. The summed E-state index contributed by atoms with van der Waals surface area (Å²) in [6.07, 6.45) is 0. The van der Waals surface area contributed by atoms with Crippen molar-refractivity contribution in [2.45, 2.75) is 13.2 Å². The molecule has 5 nitrogen and oxygen atoms in total. The second-order valence-corrected chi connectivity index (χ2v) is 6.62. The molecule has 138 valence electrons. The van der Waals surface area contributed by atoms with E-state index in [1.54, 1.807) is 18.2 Å². The van der Waals surface area contributed by atoms with Crippen LogP contribution < -0.4 is 10.1 Å². The van der Waals surface area contributed by atoms with Crippen molar-refractivity contribution in [3.63, 3.8) is 0 Å². The van der Waals surface area contributed by atoms with Gasteiger partial charge >= 0.3 is 0 Å². The van der Waals surface area contributed by atoms with Gasteiger partial charge in [0.05, 0.1) is 20.7 Å². The Balaban J connectivity index is 1.59. The molecule has 0 bridgehead atoms. The minimum Gasteiger partial charge on any atom is -0.487 e. The largest absolute Gasteiger partial charge is 0.487 e. The van der Waals surface area contributed by atoms with Crippen LogP contribution in [-0.2, 0) is 13.2 Å². The number of nitro groups is 1. The van der Waals surface area contributed by atoms with E-state index in [2.05, 4.69) is 5.32 Å². The molecular formula is C20H16Cl2N2O3. The number of rotatable bonds is 7. The van der Waals surface area contributed by atoms with Crippen molar-refractivity contribution in [3.8, 4) is 5.75 Å². The number of nitro benzene ring substituents is 1. The van der Waals surface area contributed by atoms with Crippen LogP contribution in [0.3, 0.4) is 0 Å². The third-order valence-electron chi connectivity index (χ3n) is 3.89. The van der Waals surface area contributed by atoms with Crippen LogP contribution in [0.1, 0.15) is 11.1 Å². The topological polar surface area (TPSA) is 64.4 Å². The van der Waals surface area contributed by atoms with E-state index in [9.17, 15) is 10.1 Å². The first kappa shape index (κ1) is 19.0. The van der Waals surface area contributed by atoms with Gasteiger partial charge in [-0.2, -0.15) is 0 Å². The second-order valence-electron chi connectivity index (χ2n) is 5.81. The molecule has 3 aromatic rings. The summed E-state index contributed by atoms with van der Waals surface area (Å²) in [6.45, 7) is 0.848. The summed E-state index contributed by atoms with van der Waals surface area (Å²) in [7, 11) is 0. The third-order valence-corrected chi connectivity index (χ3v) is 4.52. The molecule has 0 amide bonds. The highest BCUT2D eigenvalue weighted by Gasteiger charge is 2.07. The van der Waals surface area contributed by atoms with E-state index >= 15 is 0 Å². The van der Waals surface area contributed by atoms with Gasteiger partial charge in [-0.05, 0) is 47.5 Å². The maximum Gasteiger partial charge on any atom is 0.269 e. The predicted octanol–water partition coefficient (Wildman–Crippen LogP) is 6.09. The van der Waals surface area contributed by atoms with E-state index in [0.717, 1.165) is 16.8 Å². The molecule has 0 saturated carbocycles. The molecule has 0 aliphatic heterocycles. The van der Waals surface area contributed by atoms with E-state index in [1.165, 1.54) is 12.1 Å². The number of halogens is 2. The molecule has 0 aromatic heterocycles. The molecule has 0 unspecified atom stereocenters. The van der Waals surface area contributed by atoms with Crippen LogP contribution in [0, 0.1) is 10.1 Å². The fourth-order valence-electron chi connectivity index (χ4n) is 2.45. The number of hydrogen-bond donors (Lipinski definition) is 1. The number of hydrogen-bond acceptors (Lipinski definition) is 4. The lowest BCUT2D eigenvalue weighted by Gasteiger charge is -2.11. The van der Waals surface area contributed by atoms with Crippen LogP contribution >= 0.6 is 23.2 Å². The van der Waals surface area contributed by atoms with Gasteiger partial charge in [0.25, 0.3) is 5.69 Å². The molecule has 27 heavy (non-hydrogen) atoms. The lowest BCUT2D eigenvalue weighted by Crippen LogP contribution is -2.01. The monoisotopic (exact) mass is 402 g/mol. The molecule has 3 rings (SSSR count). The zero-order valence-corrected chi connectivity index (χ0v) is 15.7. The SMILES string of the molecule is O=[N+]([O-])c1ccc(COc2ccc(CNc3ccccc3Cl)cc2Cl)cc1. The van der Waals surface area contributed by atoms with Gasteiger partial charge in [0.1, 0.15) is 12.4 Å². The van der Waals surface area contributed by atoms with Crippen molar-refractivity contribution >= 4 is 34.6 Å². The Labute approximate surface area is 166 Å². The van der Waals surface area contributed by atoms with Gasteiger partial charge in [0.2, 0.25) is 0 Å². The molecular weight excluding hydrogens is 387 g/mol. The van der Waals surface area contributed by atoms with Crippen LogP contribution in [0.4, 0.5) is 11.4 Å². The number of benzene rings is 3. The number of para-hydroxylation sites is 1. The number of nitrogens with one attached hydrogen (secondary N) is 1. The molecule has 0 saturated heterocycles. The molecule has 1 N–H and O–H groups in total. The number of nitrogens with zero attached hydrogens (tertiary/aromatic N) is 1. The lowest BCUT2D eigenvalue weighted by atomic mass is 10.2. The van der Waals surface area contributed by atoms with E-state index in [1.807, 2.05) is 36.4 Å². The summed E-state index contributed by atoms with van der Waals surface area (Å²) in [5, 5.41) is 15.1. The summed E-state index contributed by atoms with van der Waals surface area (Å²) in [6, 6.07) is 19.3. The van der Waals surface area contributed by atoms with Crippen molar-refractivity contribution < 1.29 is 9.66 Å². The molecule has 0 aliphatic carbocycles. The van der Waals surface area contributed by atoms with Crippen LogP contribution in [0.15, 0.2) is 66.7 Å². The maximum absolute atomic E-state index is 10.7. The van der Waals surface area contributed by atoms with Gasteiger partial charge in [0, 0.05) is 18.7 Å². The fraction of sp³-hybridized carbons (Fsp3) is 0.100. The summed E-state index contributed by atoms with van der Waals surface area (Å²) in [4.78, 5) is 10.2. The zero-order chi connectivity index (χ0) is 19.2. The fourth-order valence-corrected chi connectivity index (χ4v) is 2.91. The average Bonchev–Trinajstić information content (AvgIpc) is 2.67. The van der Waals surface area contributed by atoms with Gasteiger partial charge < -0.3 is 10.1 Å². The summed E-state index contributed by atoms with van der Waals surface area (Å²) in [5.74, 6) is 0.552. The van der Waals surface area contributed by atoms with Crippen LogP contribution in [0.2, 0.25) is 10.0 Å². The first-order valence-corrected chi connectivity index (χ1v) is 8.91. The third kappa shape index (κ3) is 5.12.